The van der Waals surface area contributed by atoms with E-state index >= 15 is 0 Å². The van der Waals surface area contributed by atoms with Gasteiger partial charge in [-0.2, -0.15) is 13.2 Å². The Morgan fingerprint density at radius 1 is 1.15 bits per heavy atom. The largest absolute Gasteiger partial charge is 0.389 e. The maximum Gasteiger partial charge on any atom is 0.389 e. The number of alkyl halides is 4. The van der Waals surface area contributed by atoms with E-state index in [1.54, 1.807) is 30.3 Å². The van der Waals surface area contributed by atoms with Crippen molar-refractivity contribution in [2.45, 2.75) is 51.4 Å². The molecule has 1 heterocycles. The van der Waals surface area contributed by atoms with Crippen LogP contribution in [0.2, 0.25) is 0 Å². The van der Waals surface area contributed by atoms with Gasteiger partial charge in [-0.3, -0.25) is 19.3 Å². The highest BCUT2D eigenvalue weighted by atomic mass is 35.5. The van der Waals surface area contributed by atoms with Crippen molar-refractivity contribution in [1.82, 2.24) is 5.32 Å². The Morgan fingerprint density at radius 3 is 2.27 bits per heavy atom. The summed E-state index contributed by atoms with van der Waals surface area (Å²) >= 11 is 5.96. The van der Waals surface area contributed by atoms with Crippen molar-refractivity contribution >= 4 is 40.7 Å². The predicted molar refractivity (Wildman–Crippen MR) is 149 cm³/mol. The third-order valence-electron chi connectivity index (χ3n) is 6.18. The summed E-state index contributed by atoms with van der Waals surface area (Å²) in [7, 11) is 0. The van der Waals surface area contributed by atoms with Crippen LogP contribution in [-0.4, -0.2) is 41.8 Å². The second-order valence-electron chi connectivity index (χ2n) is 9.48. The summed E-state index contributed by atoms with van der Waals surface area (Å²) < 4.78 is 53.1. The van der Waals surface area contributed by atoms with E-state index in [0.29, 0.717) is 5.56 Å². The molecule has 41 heavy (non-hydrogen) atoms. The van der Waals surface area contributed by atoms with Crippen molar-refractivity contribution in [3.05, 3.63) is 65.5 Å². The van der Waals surface area contributed by atoms with Gasteiger partial charge in [-0.05, 0) is 18.4 Å². The summed E-state index contributed by atoms with van der Waals surface area (Å²) in [5.74, 6) is -4.04. The monoisotopic (exact) mass is 594 g/mol. The van der Waals surface area contributed by atoms with E-state index < -0.39 is 67.1 Å². The number of benzodiazepines with no additional fused rings is 1. The number of carbonyl (C=O) groups is 3. The maximum atomic E-state index is 14.9. The van der Waals surface area contributed by atoms with Gasteiger partial charge in [0.1, 0.15) is 11.8 Å². The number of terminal acetylenes is 1. The number of rotatable bonds is 8. The molecule has 2 aliphatic rings. The molecule has 0 bridgehead atoms. The average Bonchev–Trinajstić information content (AvgIpc) is 3.74. The third kappa shape index (κ3) is 9.90. The minimum Gasteiger partial charge on any atom is -0.370 e. The minimum atomic E-state index is -4.57. The highest BCUT2D eigenvalue weighted by Gasteiger charge is 2.37. The molecule has 1 aliphatic carbocycles. The summed E-state index contributed by atoms with van der Waals surface area (Å²) in [6.45, 7) is 2.28. The zero-order valence-electron chi connectivity index (χ0n) is 22.3. The van der Waals surface area contributed by atoms with Crippen molar-refractivity contribution in [3.63, 3.8) is 0 Å². The van der Waals surface area contributed by atoms with Crippen molar-refractivity contribution in [2.24, 2.45) is 22.6 Å². The lowest BCUT2D eigenvalue weighted by Crippen LogP contribution is -2.49. The summed E-state index contributed by atoms with van der Waals surface area (Å²) in [4.78, 5) is 42.7. The number of benzene rings is 2. The number of halogens is 5. The number of nitrogens with two attached hydrogens (primary N) is 1. The van der Waals surface area contributed by atoms with Gasteiger partial charge in [-0.1, -0.05) is 62.2 Å². The number of carbonyl (C=O) groups excluding carboxylic acids is 3. The van der Waals surface area contributed by atoms with Crippen molar-refractivity contribution in [1.29, 1.82) is 0 Å². The first-order valence-electron chi connectivity index (χ1n) is 12.7. The molecule has 1 aliphatic heterocycles. The number of para-hydroxylation sites is 1. The molecule has 0 spiro atoms. The highest BCUT2D eigenvalue weighted by molar-refractivity contribution is 6.25. The van der Waals surface area contributed by atoms with Gasteiger partial charge in [0.15, 0.2) is 0 Å². The first-order valence-corrected chi connectivity index (χ1v) is 13.2. The van der Waals surface area contributed by atoms with Gasteiger partial charge in [-0.15, -0.1) is 24.4 Å². The zero-order chi connectivity index (χ0) is 30.7. The quantitative estimate of drug-likeness (QED) is 0.191. The topological polar surface area (TPSA) is 105 Å². The molecule has 3 amide bonds. The van der Waals surface area contributed by atoms with Gasteiger partial charge in [0, 0.05) is 29.9 Å². The van der Waals surface area contributed by atoms with Crippen molar-refractivity contribution in [2.75, 3.05) is 10.9 Å². The van der Waals surface area contributed by atoms with E-state index in [2.05, 4.69) is 30.1 Å². The molecule has 0 saturated heterocycles. The SMILES string of the molecule is C#C.CC1CC1.NC(=O)C[C@@H](CCC(F)(F)F)C(=O)NC1N=C(c2ccccc2)c2cccc(F)c2N(CCl)C1=O. The third-order valence-corrected chi connectivity index (χ3v) is 6.42. The summed E-state index contributed by atoms with van der Waals surface area (Å²) in [5.41, 5.74) is 5.84. The molecule has 2 atom stereocenters. The van der Waals surface area contributed by atoms with Gasteiger partial charge >= 0.3 is 6.18 Å². The molecule has 1 unspecified atom stereocenters. The standard InChI is InChI=1S/C23H21ClF4N4O3.C4H8.C2H2/c24-12-32-19-15(7-4-8-16(19)25)18(13-5-2-1-3-6-13)30-20(22(32)35)31-21(34)14(11-17(29)33)9-10-23(26,27)28;1-4-2-3-4;1-2/h1-8,14,20H,9-12H2,(H2,29,33)(H,31,34);4H,2-3H2,1H3;1-2H/t14-,20?;;/m1../s1. The van der Waals surface area contributed by atoms with Crippen LogP contribution in [0.5, 0.6) is 0 Å². The molecule has 2 aromatic carbocycles. The van der Waals surface area contributed by atoms with Crippen LogP contribution in [0.25, 0.3) is 0 Å². The van der Waals surface area contributed by atoms with Crippen molar-refractivity contribution in [3.8, 4) is 12.8 Å². The lowest BCUT2D eigenvalue weighted by atomic mass is 9.97. The number of nitrogens with one attached hydrogen (secondary N) is 1. The number of primary amides is 1. The van der Waals surface area contributed by atoms with E-state index in [4.69, 9.17) is 17.3 Å². The lowest BCUT2D eigenvalue weighted by molar-refractivity contribution is -0.143. The number of aliphatic imine (C=N–C) groups is 1. The van der Waals surface area contributed by atoms with Gasteiger partial charge in [0.2, 0.25) is 18.0 Å². The second kappa shape index (κ2) is 15.2. The van der Waals surface area contributed by atoms with Crippen LogP contribution in [0.4, 0.5) is 23.2 Å². The molecule has 12 heteroatoms. The fourth-order valence-corrected chi connectivity index (χ4v) is 4.09. The molecule has 220 valence electrons. The Kier molecular flexibility index (Phi) is 12.3. The van der Waals surface area contributed by atoms with Crippen LogP contribution in [-0.2, 0) is 14.4 Å². The Bertz CT molecular complexity index is 1260. The van der Waals surface area contributed by atoms with Gasteiger partial charge in [0.05, 0.1) is 11.4 Å². The van der Waals surface area contributed by atoms with E-state index in [1.165, 1.54) is 25.0 Å². The van der Waals surface area contributed by atoms with Crippen LogP contribution in [0.15, 0.2) is 53.5 Å². The van der Waals surface area contributed by atoms with Gasteiger partial charge in [-0.25, -0.2) is 9.38 Å². The first kappa shape index (κ1) is 33.3. The number of hydrogen-bond acceptors (Lipinski definition) is 4. The molecule has 0 radical (unpaired) electrons. The molecular formula is C29H31ClF4N4O3. The van der Waals surface area contributed by atoms with E-state index in [1.807, 2.05) is 0 Å². The lowest BCUT2D eigenvalue weighted by Gasteiger charge is -2.24. The van der Waals surface area contributed by atoms with Gasteiger partial charge in [0.25, 0.3) is 5.91 Å². The predicted octanol–water partition coefficient (Wildman–Crippen LogP) is 5.15. The van der Waals surface area contributed by atoms with E-state index in [9.17, 15) is 31.9 Å². The van der Waals surface area contributed by atoms with Crippen LogP contribution in [0.3, 0.4) is 0 Å². The molecular weight excluding hydrogens is 564 g/mol. The molecule has 2 aromatic rings. The second-order valence-corrected chi connectivity index (χ2v) is 9.72. The fraction of sp³-hybridized carbons (Fsp3) is 0.379. The number of hydrogen-bond donors (Lipinski definition) is 2. The molecule has 7 nitrogen and oxygen atoms in total. The van der Waals surface area contributed by atoms with Crippen LogP contribution in [0, 0.1) is 30.5 Å². The zero-order valence-corrected chi connectivity index (χ0v) is 23.1. The first-order chi connectivity index (χ1) is 19.4. The Morgan fingerprint density at radius 2 is 1.76 bits per heavy atom. The smallest absolute Gasteiger partial charge is 0.370 e. The summed E-state index contributed by atoms with van der Waals surface area (Å²) in [6.07, 6.45) is 2.04. The fourth-order valence-electron chi connectivity index (χ4n) is 3.86. The Balaban J connectivity index is 0.000000882. The maximum absolute atomic E-state index is 14.9. The molecule has 0 aromatic heterocycles. The number of fused-ring (bicyclic) bond motifs is 1. The van der Waals surface area contributed by atoms with E-state index in [-0.39, 0.29) is 17.0 Å². The molecule has 3 N–H and O–H groups in total. The molecule has 4 rings (SSSR count). The number of anilines is 1. The van der Waals surface area contributed by atoms with Crippen LogP contribution in [0.1, 0.15) is 50.2 Å². The van der Waals surface area contributed by atoms with Gasteiger partial charge < -0.3 is 11.1 Å². The number of nitrogens with zero attached hydrogens (tertiary/aromatic N) is 2. The summed E-state index contributed by atoms with van der Waals surface area (Å²) in [6, 6.07) is 12.0. The highest BCUT2D eigenvalue weighted by Crippen LogP contribution is 2.32. The normalized spacial score (nSPS) is 16.9. The Hall–Kier alpha value is -3.91. The Labute approximate surface area is 241 Å². The van der Waals surface area contributed by atoms with Crippen molar-refractivity contribution < 1.29 is 31.9 Å². The molecule has 1 saturated carbocycles. The number of amides is 3. The van der Waals surface area contributed by atoms with Crippen LogP contribution >= 0.6 is 11.6 Å². The minimum absolute atomic E-state index is 0.155. The summed E-state index contributed by atoms with van der Waals surface area (Å²) in [5, 5.41) is 2.29. The molecule has 1 fully saturated rings. The average molecular weight is 595 g/mol. The van der Waals surface area contributed by atoms with E-state index in [0.717, 1.165) is 16.9 Å². The van der Waals surface area contributed by atoms with Crippen LogP contribution < -0.4 is 16.0 Å².